The first kappa shape index (κ1) is 16.0. The van der Waals surface area contributed by atoms with Crippen LogP contribution in [0.15, 0.2) is 24.3 Å². The Morgan fingerprint density at radius 3 is 2.78 bits per heavy atom. The lowest BCUT2D eigenvalue weighted by molar-refractivity contribution is -0.133. The fraction of sp³-hybridized carbons (Fsp3) is 0.556. The summed E-state index contributed by atoms with van der Waals surface area (Å²) in [6, 6.07) is 8.12. The highest BCUT2D eigenvalue weighted by molar-refractivity contribution is 5.92. The van der Waals surface area contributed by atoms with Crippen molar-refractivity contribution in [2.75, 3.05) is 26.7 Å². The summed E-state index contributed by atoms with van der Waals surface area (Å²) in [6.45, 7) is 2.08. The van der Waals surface area contributed by atoms with Crippen molar-refractivity contribution in [3.05, 3.63) is 35.4 Å². The van der Waals surface area contributed by atoms with E-state index in [0.717, 1.165) is 31.5 Å². The standard InChI is InChI=1S/C18H25N3O2/c1-20(16-7-8-16)12-17(22)21-9-3-6-15(11-21)13-4-2-5-14(10-13)18(19)23/h2,4-5,10,15-16H,3,6-9,11-12H2,1H3,(H2,19,23). The molecule has 23 heavy (non-hydrogen) atoms. The fourth-order valence-corrected chi connectivity index (χ4v) is 3.38. The quantitative estimate of drug-likeness (QED) is 0.897. The highest BCUT2D eigenvalue weighted by Gasteiger charge is 2.30. The smallest absolute Gasteiger partial charge is 0.248 e. The molecule has 3 rings (SSSR count). The maximum absolute atomic E-state index is 12.5. The van der Waals surface area contributed by atoms with Crippen molar-refractivity contribution < 1.29 is 9.59 Å². The lowest BCUT2D eigenvalue weighted by atomic mass is 9.89. The Kier molecular flexibility index (Phi) is 4.66. The maximum atomic E-state index is 12.5. The molecule has 1 aliphatic carbocycles. The first-order valence-corrected chi connectivity index (χ1v) is 8.42. The van der Waals surface area contributed by atoms with Gasteiger partial charge >= 0.3 is 0 Å². The van der Waals surface area contributed by atoms with E-state index in [1.165, 1.54) is 12.8 Å². The number of rotatable bonds is 5. The van der Waals surface area contributed by atoms with Gasteiger partial charge in [0.2, 0.25) is 11.8 Å². The Hall–Kier alpha value is -1.88. The third kappa shape index (κ3) is 3.91. The highest BCUT2D eigenvalue weighted by Crippen LogP contribution is 2.28. The Balaban J connectivity index is 1.64. The van der Waals surface area contributed by atoms with E-state index >= 15 is 0 Å². The molecule has 0 aromatic heterocycles. The van der Waals surface area contributed by atoms with E-state index in [0.29, 0.717) is 24.1 Å². The third-order valence-electron chi connectivity index (χ3n) is 4.97. The third-order valence-corrected chi connectivity index (χ3v) is 4.97. The van der Waals surface area contributed by atoms with Crippen molar-refractivity contribution in [1.29, 1.82) is 0 Å². The first-order chi connectivity index (χ1) is 11.0. The van der Waals surface area contributed by atoms with Gasteiger partial charge in [-0.1, -0.05) is 12.1 Å². The van der Waals surface area contributed by atoms with Crippen LogP contribution in [0, 0.1) is 0 Å². The zero-order valence-electron chi connectivity index (χ0n) is 13.7. The molecule has 0 spiro atoms. The number of benzene rings is 1. The van der Waals surface area contributed by atoms with E-state index in [9.17, 15) is 9.59 Å². The molecule has 1 unspecified atom stereocenters. The molecule has 0 radical (unpaired) electrons. The number of nitrogens with zero attached hydrogens (tertiary/aromatic N) is 2. The van der Waals surface area contributed by atoms with Gasteiger partial charge in [0.25, 0.3) is 0 Å². The topological polar surface area (TPSA) is 66.6 Å². The van der Waals surface area contributed by atoms with Crippen molar-refractivity contribution >= 4 is 11.8 Å². The van der Waals surface area contributed by atoms with E-state index in [1.807, 2.05) is 30.1 Å². The van der Waals surface area contributed by atoms with E-state index in [2.05, 4.69) is 4.90 Å². The van der Waals surface area contributed by atoms with Crippen LogP contribution in [0.5, 0.6) is 0 Å². The normalized spacial score (nSPS) is 21.5. The van der Waals surface area contributed by atoms with Crippen LogP contribution in [0.1, 0.15) is 47.5 Å². The maximum Gasteiger partial charge on any atom is 0.248 e. The minimum atomic E-state index is -0.401. The van der Waals surface area contributed by atoms with Gasteiger partial charge in [-0.05, 0) is 50.4 Å². The van der Waals surface area contributed by atoms with Gasteiger partial charge in [-0.25, -0.2) is 0 Å². The molecular formula is C18H25N3O2. The van der Waals surface area contributed by atoms with Crippen LogP contribution in [0.3, 0.4) is 0 Å². The summed E-state index contributed by atoms with van der Waals surface area (Å²) >= 11 is 0. The number of likely N-dealkylation sites (tertiary alicyclic amines) is 1. The average molecular weight is 315 g/mol. The Labute approximate surface area is 137 Å². The summed E-state index contributed by atoms with van der Waals surface area (Å²) in [6.07, 6.45) is 4.48. The second-order valence-electron chi connectivity index (χ2n) is 6.81. The molecule has 2 amide bonds. The second kappa shape index (κ2) is 6.71. The summed E-state index contributed by atoms with van der Waals surface area (Å²) in [4.78, 5) is 28.0. The lowest BCUT2D eigenvalue weighted by Crippen LogP contribution is -2.44. The largest absolute Gasteiger partial charge is 0.366 e. The number of nitrogens with two attached hydrogens (primary N) is 1. The summed E-state index contributed by atoms with van der Waals surface area (Å²) in [7, 11) is 2.04. The number of carbonyl (C=O) groups is 2. The molecule has 0 bridgehead atoms. The van der Waals surface area contributed by atoms with E-state index in [-0.39, 0.29) is 5.91 Å². The molecule has 1 aromatic rings. The zero-order valence-corrected chi connectivity index (χ0v) is 13.7. The van der Waals surface area contributed by atoms with Gasteiger partial charge in [0.1, 0.15) is 0 Å². The van der Waals surface area contributed by atoms with Gasteiger partial charge in [-0.15, -0.1) is 0 Å². The van der Waals surface area contributed by atoms with E-state index in [4.69, 9.17) is 5.73 Å². The molecule has 2 aliphatic rings. The number of hydrogen-bond donors (Lipinski definition) is 1. The van der Waals surface area contributed by atoms with Crippen molar-refractivity contribution in [1.82, 2.24) is 9.80 Å². The van der Waals surface area contributed by atoms with Gasteiger partial charge in [0, 0.05) is 30.6 Å². The molecule has 124 valence electrons. The van der Waals surface area contributed by atoms with Crippen molar-refractivity contribution in [2.45, 2.75) is 37.6 Å². The number of primary amides is 1. The van der Waals surface area contributed by atoms with Crippen LogP contribution in [-0.2, 0) is 4.79 Å². The van der Waals surface area contributed by atoms with Gasteiger partial charge in [-0.3, -0.25) is 14.5 Å². The van der Waals surface area contributed by atoms with Crippen molar-refractivity contribution in [2.24, 2.45) is 5.73 Å². The predicted molar refractivity (Wildman–Crippen MR) is 89.2 cm³/mol. The van der Waals surface area contributed by atoms with Gasteiger partial charge < -0.3 is 10.6 Å². The molecule has 1 saturated heterocycles. The summed E-state index contributed by atoms with van der Waals surface area (Å²) in [5, 5.41) is 0. The Morgan fingerprint density at radius 2 is 2.09 bits per heavy atom. The van der Waals surface area contributed by atoms with Crippen molar-refractivity contribution in [3.63, 3.8) is 0 Å². The number of hydrogen-bond acceptors (Lipinski definition) is 3. The minimum absolute atomic E-state index is 0.218. The van der Waals surface area contributed by atoms with Crippen LogP contribution < -0.4 is 5.73 Å². The number of carbonyl (C=O) groups excluding carboxylic acids is 2. The van der Waals surface area contributed by atoms with Crippen LogP contribution in [0.4, 0.5) is 0 Å². The SMILES string of the molecule is CN(CC(=O)N1CCCC(c2cccc(C(N)=O)c2)C1)C1CC1. The van der Waals surface area contributed by atoms with E-state index < -0.39 is 5.91 Å². The van der Waals surface area contributed by atoms with Gasteiger partial charge in [0.15, 0.2) is 0 Å². The number of amides is 2. The molecular weight excluding hydrogens is 290 g/mol. The van der Waals surface area contributed by atoms with Gasteiger partial charge in [-0.2, -0.15) is 0 Å². The van der Waals surface area contributed by atoms with Gasteiger partial charge in [0.05, 0.1) is 6.54 Å². The average Bonchev–Trinajstić information content (AvgIpc) is 3.40. The molecule has 2 fully saturated rings. The van der Waals surface area contributed by atoms with Crippen LogP contribution in [0.25, 0.3) is 0 Å². The summed E-state index contributed by atoms with van der Waals surface area (Å²) < 4.78 is 0. The first-order valence-electron chi connectivity index (χ1n) is 8.42. The molecule has 1 saturated carbocycles. The predicted octanol–water partition coefficient (Wildman–Crippen LogP) is 1.59. The molecule has 1 heterocycles. The molecule has 1 aliphatic heterocycles. The molecule has 5 heteroatoms. The fourth-order valence-electron chi connectivity index (χ4n) is 3.38. The Bertz CT molecular complexity index is 598. The van der Waals surface area contributed by atoms with Crippen molar-refractivity contribution in [3.8, 4) is 0 Å². The summed E-state index contributed by atoms with van der Waals surface area (Å²) in [5.74, 6) is 0.107. The monoisotopic (exact) mass is 315 g/mol. The zero-order chi connectivity index (χ0) is 16.4. The molecule has 5 nitrogen and oxygen atoms in total. The van der Waals surface area contributed by atoms with Crippen LogP contribution in [0.2, 0.25) is 0 Å². The Morgan fingerprint density at radius 1 is 1.30 bits per heavy atom. The highest BCUT2D eigenvalue weighted by atomic mass is 16.2. The minimum Gasteiger partial charge on any atom is -0.366 e. The molecule has 2 N–H and O–H groups in total. The number of piperidine rings is 1. The van der Waals surface area contributed by atoms with E-state index in [1.54, 1.807) is 6.07 Å². The molecule has 1 atom stereocenters. The lowest BCUT2D eigenvalue weighted by Gasteiger charge is -2.34. The number of likely N-dealkylation sites (N-methyl/N-ethyl adjacent to an activating group) is 1. The molecule has 1 aromatic carbocycles. The van der Waals surface area contributed by atoms with Crippen LogP contribution in [-0.4, -0.2) is 54.3 Å². The summed E-state index contributed by atoms with van der Waals surface area (Å²) in [5.41, 5.74) is 7.01. The second-order valence-corrected chi connectivity index (χ2v) is 6.81. The van der Waals surface area contributed by atoms with Crippen LogP contribution >= 0.6 is 0 Å².